The van der Waals surface area contributed by atoms with Gasteiger partial charge >= 0.3 is 0 Å². The van der Waals surface area contributed by atoms with Crippen molar-refractivity contribution in [1.82, 2.24) is 5.32 Å². The van der Waals surface area contributed by atoms with Crippen LogP contribution in [0.25, 0.3) is 0 Å². The second kappa shape index (κ2) is 7.38. The molecule has 0 aliphatic heterocycles. The summed E-state index contributed by atoms with van der Waals surface area (Å²) in [4.78, 5) is 11.5. The van der Waals surface area contributed by atoms with Gasteiger partial charge in [0.05, 0.1) is 0 Å². The molecule has 18 heavy (non-hydrogen) atoms. The quantitative estimate of drug-likeness (QED) is 0.842. The highest BCUT2D eigenvalue weighted by Crippen LogP contribution is 2.23. The molecule has 1 aromatic carbocycles. The van der Waals surface area contributed by atoms with Crippen LogP contribution in [0.2, 0.25) is 0 Å². The molecule has 1 rings (SSSR count). The summed E-state index contributed by atoms with van der Waals surface area (Å²) in [5.74, 6) is 0.592. The molecule has 0 unspecified atom stereocenters. The van der Waals surface area contributed by atoms with E-state index in [2.05, 4.69) is 21.2 Å². The van der Waals surface area contributed by atoms with Crippen LogP contribution in [0, 0.1) is 0 Å². The van der Waals surface area contributed by atoms with Crippen LogP contribution in [0.5, 0.6) is 5.75 Å². The number of carbonyl (C=O) groups excluding carboxylic acids is 1. The molecule has 0 radical (unpaired) electrons. The van der Waals surface area contributed by atoms with Crippen LogP contribution in [0.1, 0.15) is 19.4 Å². The Hall–Kier alpha value is -1.07. The van der Waals surface area contributed by atoms with Gasteiger partial charge in [-0.25, -0.2) is 0 Å². The lowest BCUT2D eigenvalue weighted by molar-refractivity contribution is -0.123. The molecule has 3 N–H and O–H groups in total. The molecule has 5 heteroatoms. The molecule has 1 amide bonds. The Balaban J connectivity index is 2.63. The first-order valence-corrected chi connectivity index (χ1v) is 6.73. The normalized spacial score (nSPS) is 10.5. The molecule has 0 saturated carbocycles. The number of nitrogens with one attached hydrogen (secondary N) is 1. The molecule has 1 aromatic rings. The SMILES string of the molecule is CC(C)NC(=O)COc1ccc(Br)cc1CCN. The fourth-order valence-corrected chi connectivity index (χ4v) is 1.96. The second-order valence-electron chi connectivity index (χ2n) is 4.30. The predicted octanol–water partition coefficient (Wildman–Crippen LogP) is 1.85. The van der Waals surface area contributed by atoms with Crippen molar-refractivity contribution < 1.29 is 9.53 Å². The summed E-state index contributed by atoms with van der Waals surface area (Å²) in [6.45, 7) is 4.40. The summed E-state index contributed by atoms with van der Waals surface area (Å²) in [6, 6.07) is 5.81. The van der Waals surface area contributed by atoms with Gasteiger partial charge in [-0.1, -0.05) is 15.9 Å². The number of amides is 1. The molecule has 0 spiro atoms. The first kappa shape index (κ1) is 15.0. The number of hydrogen-bond acceptors (Lipinski definition) is 3. The van der Waals surface area contributed by atoms with E-state index in [1.54, 1.807) is 0 Å². The zero-order chi connectivity index (χ0) is 13.5. The summed E-state index contributed by atoms with van der Waals surface area (Å²) < 4.78 is 6.50. The molecule has 0 aliphatic rings. The molecule has 0 aliphatic carbocycles. The minimum Gasteiger partial charge on any atom is -0.483 e. The standard InChI is InChI=1S/C13H19BrN2O2/c1-9(2)16-13(17)8-18-12-4-3-11(14)7-10(12)5-6-15/h3-4,7,9H,5-6,8,15H2,1-2H3,(H,16,17). The van der Waals surface area contributed by atoms with E-state index in [-0.39, 0.29) is 18.6 Å². The Morgan fingerprint density at radius 2 is 2.22 bits per heavy atom. The Morgan fingerprint density at radius 1 is 1.50 bits per heavy atom. The maximum Gasteiger partial charge on any atom is 0.258 e. The van der Waals surface area contributed by atoms with Crippen LogP contribution in [0.15, 0.2) is 22.7 Å². The Labute approximate surface area is 116 Å². The van der Waals surface area contributed by atoms with Crippen molar-refractivity contribution in [2.24, 2.45) is 5.73 Å². The molecule has 0 fully saturated rings. The monoisotopic (exact) mass is 314 g/mol. The number of nitrogens with two attached hydrogens (primary N) is 1. The highest BCUT2D eigenvalue weighted by atomic mass is 79.9. The Bertz CT molecular complexity index is 408. The molecule has 0 saturated heterocycles. The average molecular weight is 315 g/mol. The smallest absolute Gasteiger partial charge is 0.258 e. The van der Waals surface area contributed by atoms with E-state index in [4.69, 9.17) is 10.5 Å². The van der Waals surface area contributed by atoms with Crippen LogP contribution in [-0.2, 0) is 11.2 Å². The molecule has 0 atom stereocenters. The molecule has 0 heterocycles. The van der Waals surface area contributed by atoms with Gasteiger partial charge in [0.1, 0.15) is 5.75 Å². The number of hydrogen-bond donors (Lipinski definition) is 2. The molecule has 4 nitrogen and oxygen atoms in total. The highest BCUT2D eigenvalue weighted by molar-refractivity contribution is 9.10. The van der Waals surface area contributed by atoms with Crippen molar-refractivity contribution >= 4 is 21.8 Å². The lowest BCUT2D eigenvalue weighted by atomic mass is 10.1. The van der Waals surface area contributed by atoms with Crippen molar-refractivity contribution in [3.63, 3.8) is 0 Å². The summed E-state index contributed by atoms with van der Waals surface area (Å²) >= 11 is 3.40. The minimum atomic E-state index is -0.119. The van der Waals surface area contributed by atoms with Gasteiger partial charge in [-0.05, 0) is 50.6 Å². The number of ether oxygens (including phenoxy) is 1. The lowest BCUT2D eigenvalue weighted by Gasteiger charge is -2.12. The summed E-state index contributed by atoms with van der Waals surface area (Å²) in [5.41, 5.74) is 6.56. The number of benzene rings is 1. The number of carbonyl (C=O) groups is 1. The van der Waals surface area contributed by atoms with Crippen molar-refractivity contribution in [2.45, 2.75) is 26.3 Å². The molecular formula is C13H19BrN2O2. The first-order valence-electron chi connectivity index (χ1n) is 5.93. The average Bonchev–Trinajstić information content (AvgIpc) is 2.27. The van der Waals surface area contributed by atoms with Gasteiger partial charge < -0.3 is 15.8 Å². The number of halogens is 1. The van der Waals surface area contributed by atoms with Crippen molar-refractivity contribution in [3.05, 3.63) is 28.2 Å². The number of rotatable bonds is 6. The van der Waals surface area contributed by atoms with Crippen molar-refractivity contribution in [2.75, 3.05) is 13.2 Å². The lowest BCUT2D eigenvalue weighted by Crippen LogP contribution is -2.34. The second-order valence-corrected chi connectivity index (χ2v) is 5.22. The van der Waals surface area contributed by atoms with Gasteiger partial charge in [0.15, 0.2) is 6.61 Å². The van der Waals surface area contributed by atoms with E-state index >= 15 is 0 Å². The van der Waals surface area contributed by atoms with Gasteiger partial charge in [-0.2, -0.15) is 0 Å². The first-order chi connectivity index (χ1) is 8.52. The van der Waals surface area contributed by atoms with Gasteiger partial charge in [0, 0.05) is 10.5 Å². The zero-order valence-corrected chi connectivity index (χ0v) is 12.3. The van der Waals surface area contributed by atoms with Gasteiger partial charge in [-0.15, -0.1) is 0 Å². The third-order valence-electron chi connectivity index (χ3n) is 2.24. The van der Waals surface area contributed by atoms with E-state index in [0.717, 1.165) is 16.5 Å². The van der Waals surface area contributed by atoms with Gasteiger partial charge in [0.2, 0.25) is 0 Å². The third kappa shape index (κ3) is 5.06. The minimum absolute atomic E-state index is 0.0252. The third-order valence-corrected chi connectivity index (χ3v) is 2.74. The molecule has 100 valence electrons. The van der Waals surface area contributed by atoms with Crippen molar-refractivity contribution in [1.29, 1.82) is 0 Å². The highest BCUT2D eigenvalue weighted by Gasteiger charge is 2.08. The van der Waals surface area contributed by atoms with E-state index in [1.807, 2.05) is 32.0 Å². The predicted molar refractivity (Wildman–Crippen MR) is 75.7 cm³/mol. The molecular weight excluding hydrogens is 296 g/mol. The molecule has 0 aromatic heterocycles. The van der Waals surface area contributed by atoms with E-state index in [0.29, 0.717) is 12.3 Å². The van der Waals surface area contributed by atoms with Crippen LogP contribution < -0.4 is 15.8 Å². The fourth-order valence-electron chi connectivity index (χ4n) is 1.55. The van der Waals surface area contributed by atoms with E-state index in [9.17, 15) is 4.79 Å². The van der Waals surface area contributed by atoms with Gasteiger partial charge in [0.25, 0.3) is 5.91 Å². The van der Waals surface area contributed by atoms with Crippen molar-refractivity contribution in [3.8, 4) is 5.75 Å². The maximum absolute atomic E-state index is 11.5. The van der Waals surface area contributed by atoms with Gasteiger partial charge in [-0.3, -0.25) is 4.79 Å². The fraction of sp³-hybridized carbons (Fsp3) is 0.462. The van der Waals surface area contributed by atoms with Crippen LogP contribution in [0.4, 0.5) is 0 Å². The maximum atomic E-state index is 11.5. The Kier molecular flexibility index (Phi) is 6.15. The zero-order valence-electron chi connectivity index (χ0n) is 10.7. The topological polar surface area (TPSA) is 64.3 Å². The summed E-state index contributed by atoms with van der Waals surface area (Å²) in [6.07, 6.45) is 0.723. The summed E-state index contributed by atoms with van der Waals surface area (Å²) in [7, 11) is 0. The summed E-state index contributed by atoms with van der Waals surface area (Å²) in [5, 5.41) is 2.78. The molecule has 0 bridgehead atoms. The largest absolute Gasteiger partial charge is 0.483 e. The van der Waals surface area contributed by atoms with Crippen LogP contribution >= 0.6 is 15.9 Å². The Morgan fingerprint density at radius 3 is 2.83 bits per heavy atom. The van der Waals surface area contributed by atoms with Crippen LogP contribution in [0.3, 0.4) is 0 Å². The van der Waals surface area contributed by atoms with E-state index < -0.39 is 0 Å². The van der Waals surface area contributed by atoms with E-state index in [1.165, 1.54) is 0 Å². The van der Waals surface area contributed by atoms with Crippen LogP contribution in [-0.4, -0.2) is 25.1 Å².